The highest BCUT2D eigenvalue weighted by atomic mass is 32.1. The summed E-state index contributed by atoms with van der Waals surface area (Å²) in [6, 6.07) is 6.13. The quantitative estimate of drug-likeness (QED) is 0.902. The number of thiophene rings is 1. The third kappa shape index (κ3) is 2.05. The first kappa shape index (κ1) is 11.1. The summed E-state index contributed by atoms with van der Waals surface area (Å²) in [6.07, 6.45) is 6.26. The first-order valence-corrected chi connectivity index (χ1v) is 6.97. The number of aliphatic hydroxyl groups is 1. The van der Waals surface area contributed by atoms with Gasteiger partial charge in [0.1, 0.15) is 5.76 Å². The van der Waals surface area contributed by atoms with Crippen LogP contribution >= 0.6 is 11.3 Å². The van der Waals surface area contributed by atoms with E-state index in [4.69, 9.17) is 4.42 Å². The van der Waals surface area contributed by atoms with Crippen LogP contribution in [0.1, 0.15) is 35.5 Å². The van der Waals surface area contributed by atoms with Crippen molar-refractivity contribution >= 4 is 11.3 Å². The molecule has 1 N–H and O–H groups in total. The Hall–Kier alpha value is -1.06. The molecule has 2 nitrogen and oxygen atoms in total. The van der Waals surface area contributed by atoms with Crippen molar-refractivity contribution in [3.05, 3.63) is 46.0 Å². The van der Waals surface area contributed by atoms with Gasteiger partial charge in [-0.2, -0.15) is 0 Å². The van der Waals surface area contributed by atoms with E-state index < -0.39 is 5.60 Å². The average Bonchev–Trinajstić information content (AvgIpc) is 2.98. The molecule has 0 aliphatic heterocycles. The average molecular weight is 248 g/mol. The number of furan rings is 1. The predicted octanol–water partition coefficient (Wildman–Crippen LogP) is 3.50. The summed E-state index contributed by atoms with van der Waals surface area (Å²) in [6.45, 7) is 0. The minimum atomic E-state index is -0.676. The number of rotatable bonds is 3. The highest BCUT2D eigenvalue weighted by Crippen LogP contribution is 2.39. The van der Waals surface area contributed by atoms with Crippen LogP contribution in [0.25, 0.3) is 0 Å². The molecule has 0 amide bonds. The Morgan fingerprint density at radius 3 is 3.18 bits per heavy atom. The minimum absolute atomic E-state index is 0.676. The lowest BCUT2D eigenvalue weighted by Gasteiger charge is -2.31. The van der Waals surface area contributed by atoms with E-state index in [1.807, 2.05) is 6.07 Å². The molecule has 2 heterocycles. The van der Waals surface area contributed by atoms with Gasteiger partial charge in [0.25, 0.3) is 0 Å². The van der Waals surface area contributed by atoms with Gasteiger partial charge < -0.3 is 9.52 Å². The van der Waals surface area contributed by atoms with Crippen LogP contribution in [0.5, 0.6) is 0 Å². The van der Waals surface area contributed by atoms with E-state index in [0.29, 0.717) is 0 Å². The molecule has 1 unspecified atom stereocenters. The van der Waals surface area contributed by atoms with E-state index in [2.05, 4.69) is 17.5 Å². The van der Waals surface area contributed by atoms with Gasteiger partial charge in [0.15, 0.2) is 0 Å². The lowest BCUT2D eigenvalue weighted by Crippen LogP contribution is -2.30. The van der Waals surface area contributed by atoms with Crippen molar-refractivity contribution in [2.45, 2.75) is 37.7 Å². The Kier molecular flexibility index (Phi) is 2.81. The van der Waals surface area contributed by atoms with Crippen LogP contribution in [0.3, 0.4) is 0 Å². The van der Waals surface area contributed by atoms with Crippen molar-refractivity contribution < 1.29 is 9.52 Å². The van der Waals surface area contributed by atoms with Crippen molar-refractivity contribution in [1.82, 2.24) is 0 Å². The van der Waals surface area contributed by atoms with Gasteiger partial charge in [-0.25, -0.2) is 0 Å². The maximum Gasteiger partial charge on any atom is 0.109 e. The fourth-order valence-corrected chi connectivity index (χ4v) is 3.38. The molecule has 0 aromatic carbocycles. The van der Waals surface area contributed by atoms with E-state index in [-0.39, 0.29) is 0 Å². The van der Waals surface area contributed by atoms with Crippen LogP contribution in [0.4, 0.5) is 0 Å². The SMILES string of the molecule is OC1(CCc2cccs2)CCCc2occc21. The summed E-state index contributed by atoms with van der Waals surface area (Å²) in [5, 5.41) is 12.8. The molecule has 0 fully saturated rings. The Morgan fingerprint density at radius 1 is 1.41 bits per heavy atom. The van der Waals surface area contributed by atoms with Crippen LogP contribution in [0.15, 0.2) is 34.3 Å². The molecule has 17 heavy (non-hydrogen) atoms. The van der Waals surface area contributed by atoms with Crippen molar-refractivity contribution in [3.8, 4) is 0 Å². The molecule has 0 bridgehead atoms. The summed E-state index contributed by atoms with van der Waals surface area (Å²) in [4.78, 5) is 1.34. The zero-order valence-electron chi connectivity index (χ0n) is 9.69. The van der Waals surface area contributed by atoms with E-state index in [0.717, 1.165) is 43.4 Å². The van der Waals surface area contributed by atoms with Gasteiger partial charge in [0.2, 0.25) is 0 Å². The zero-order chi connectivity index (χ0) is 11.7. The summed E-state index contributed by atoms with van der Waals surface area (Å²) in [5.74, 6) is 0.977. The van der Waals surface area contributed by atoms with Gasteiger partial charge in [-0.05, 0) is 43.2 Å². The van der Waals surface area contributed by atoms with Crippen molar-refractivity contribution in [2.75, 3.05) is 0 Å². The molecule has 2 aromatic heterocycles. The lowest BCUT2D eigenvalue weighted by molar-refractivity contribution is 0.00843. The van der Waals surface area contributed by atoms with Crippen LogP contribution in [0, 0.1) is 0 Å². The Bertz CT molecular complexity index is 486. The summed E-state index contributed by atoms with van der Waals surface area (Å²) in [7, 11) is 0. The fourth-order valence-electron chi connectivity index (χ4n) is 2.67. The Labute approximate surface area is 105 Å². The summed E-state index contributed by atoms with van der Waals surface area (Å²) >= 11 is 1.76. The molecule has 3 heteroatoms. The number of aryl methyl sites for hydroxylation is 2. The molecule has 0 saturated heterocycles. The molecule has 1 atom stereocenters. The van der Waals surface area contributed by atoms with Crippen molar-refractivity contribution in [3.63, 3.8) is 0 Å². The monoisotopic (exact) mass is 248 g/mol. The number of hydrogen-bond acceptors (Lipinski definition) is 3. The third-order valence-electron chi connectivity index (χ3n) is 3.61. The Morgan fingerprint density at radius 2 is 2.35 bits per heavy atom. The second-order valence-corrected chi connectivity index (χ2v) is 5.75. The summed E-state index contributed by atoms with van der Waals surface area (Å²) < 4.78 is 5.43. The smallest absolute Gasteiger partial charge is 0.109 e. The third-order valence-corrected chi connectivity index (χ3v) is 4.54. The first-order chi connectivity index (χ1) is 8.28. The molecular formula is C14H16O2S. The van der Waals surface area contributed by atoms with Gasteiger partial charge in [0.05, 0.1) is 11.9 Å². The van der Waals surface area contributed by atoms with E-state index >= 15 is 0 Å². The van der Waals surface area contributed by atoms with Gasteiger partial charge in [-0.1, -0.05) is 6.07 Å². The molecular weight excluding hydrogens is 232 g/mol. The highest BCUT2D eigenvalue weighted by Gasteiger charge is 2.35. The predicted molar refractivity (Wildman–Crippen MR) is 68.2 cm³/mol. The second-order valence-electron chi connectivity index (χ2n) is 4.72. The molecule has 0 spiro atoms. The Balaban J connectivity index is 1.78. The van der Waals surface area contributed by atoms with E-state index in [1.54, 1.807) is 17.6 Å². The maximum atomic E-state index is 10.8. The molecule has 3 rings (SSSR count). The first-order valence-electron chi connectivity index (χ1n) is 6.09. The van der Waals surface area contributed by atoms with Crippen LogP contribution < -0.4 is 0 Å². The van der Waals surface area contributed by atoms with Gasteiger partial charge in [0, 0.05) is 16.9 Å². The largest absolute Gasteiger partial charge is 0.469 e. The number of fused-ring (bicyclic) bond motifs is 1. The zero-order valence-corrected chi connectivity index (χ0v) is 10.5. The van der Waals surface area contributed by atoms with Crippen molar-refractivity contribution in [2.24, 2.45) is 0 Å². The molecule has 0 saturated carbocycles. The molecule has 1 aliphatic rings. The van der Waals surface area contributed by atoms with Crippen molar-refractivity contribution in [1.29, 1.82) is 0 Å². The van der Waals surface area contributed by atoms with Crippen LogP contribution in [-0.2, 0) is 18.4 Å². The number of hydrogen-bond donors (Lipinski definition) is 1. The normalized spacial score (nSPS) is 23.6. The van der Waals surface area contributed by atoms with Gasteiger partial charge in [-0.3, -0.25) is 0 Å². The molecule has 1 aliphatic carbocycles. The molecule has 2 aromatic rings. The van der Waals surface area contributed by atoms with Crippen LogP contribution in [0.2, 0.25) is 0 Å². The summed E-state index contributed by atoms with van der Waals surface area (Å²) in [5.41, 5.74) is 0.338. The molecule has 90 valence electrons. The minimum Gasteiger partial charge on any atom is -0.469 e. The lowest BCUT2D eigenvalue weighted by atomic mass is 9.80. The van der Waals surface area contributed by atoms with Gasteiger partial charge in [-0.15, -0.1) is 11.3 Å². The standard InChI is InChI=1S/C14H16O2S/c15-14(8-5-11-3-2-10-17-11)7-1-4-13-12(14)6-9-16-13/h2-3,6,9-10,15H,1,4-5,7-8H2. The maximum absolute atomic E-state index is 10.8. The van der Waals surface area contributed by atoms with E-state index in [9.17, 15) is 5.11 Å². The van der Waals surface area contributed by atoms with Gasteiger partial charge >= 0.3 is 0 Å². The topological polar surface area (TPSA) is 33.4 Å². The second kappa shape index (κ2) is 4.31. The fraction of sp³-hybridized carbons (Fsp3) is 0.429. The molecule has 0 radical (unpaired) electrons. The van der Waals surface area contributed by atoms with Crippen LogP contribution in [-0.4, -0.2) is 5.11 Å². The van der Waals surface area contributed by atoms with E-state index in [1.165, 1.54) is 4.88 Å². The highest BCUT2D eigenvalue weighted by molar-refractivity contribution is 7.09.